The second kappa shape index (κ2) is 7.74. The molecule has 0 radical (unpaired) electrons. The van der Waals surface area contributed by atoms with Gasteiger partial charge in [-0.3, -0.25) is 4.74 Å². The molecule has 148 valence electrons. The van der Waals surface area contributed by atoms with Crippen LogP contribution in [0.4, 0.5) is 13.2 Å². The summed E-state index contributed by atoms with van der Waals surface area (Å²) in [5.41, 5.74) is 0.582. The highest BCUT2D eigenvalue weighted by molar-refractivity contribution is 7.91. The highest BCUT2D eigenvalue weighted by Gasteiger charge is 2.30. The van der Waals surface area contributed by atoms with Gasteiger partial charge in [-0.15, -0.1) is 25.6 Å². The summed E-state index contributed by atoms with van der Waals surface area (Å²) in [4.78, 5) is 4.62. The van der Waals surface area contributed by atoms with Crippen LogP contribution in [0.3, 0.4) is 0 Å². The molecule has 0 saturated heterocycles. The summed E-state index contributed by atoms with van der Waals surface area (Å²) in [6.45, 7) is 6.62. The van der Waals surface area contributed by atoms with Crippen LogP contribution < -0.4 is 0 Å². The summed E-state index contributed by atoms with van der Waals surface area (Å²) >= 11 is 0. The molecule has 0 spiro atoms. The summed E-state index contributed by atoms with van der Waals surface area (Å²) in [6.07, 6.45) is -4.69. The molecule has 0 amide bonds. The minimum Gasteiger partial charge on any atom is -0.325 e. The third kappa shape index (κ3) is 5.11. The minimum absolute atomic E-state index is 0. The van der Waals surface area contributed by atoms with Gasteiger partial charge in [0.2, 0.25) is 0 Å². The number of fused-ring (bicyclic) bond motifs is 1. The fraction of sp³-hybridized carbons (Fsp3) is 0.562. The second-order valence-electron chi connectivity index (χ2n) is 6.69. The Morgan fingerprint density at radius 1 is 1.19 bits per heavy atom. The molecule has 0 aliphatic heterocycles. The summed E-state index contributed by atoms with van der Waals surface area (Å²) in [7, 11) is -3.39. The Kier molecular flexibility index (Phi) is 6.76. The highest BCUT2D eigenvalue weighted by atomic mass is 35.5. The molecule has 10 heteroatoms. The van der Waals surface area contributed by atoms with Crippen LogP contribution in [-0.2, 0) is 26.5 Å². The molecule has 0 unspecified atom stereocenters. The summed E-state index contributed by atoms with van der Waals surface area (Å²) < 4.78 is 66.3. The fourth-order valence-electron chi connectivity index (χ4n) is 2.52. The van der Waals surface area contributed by atoms with Gasteiger partial charge in [0.05, 0.1) is 28.3 Å². The van der Waals surface area contributed by atoms with Crippen LogP contribution in [0.25, 0.3) is 11.0 Å². The predicted octanol–water partition coefficient (Wildman–Crippen LogP) is 4.09. The van der Waals surface area contributed by atoms with E-state index in [4.69, 9.17) is 0 Å². The summed E-state index contributed by atoms with van der Waals surface area (Å²) in [5.74, 6) is 0.532. The Hall–Kier alpha value is -1.32. The average Bonchev–Trinajstić information content (AvgIpc) is 2.84. The summed E-state index contributed by atoms with van der Waals surface area (Å²) in [5, 5.41) is 0. The normalized spacial score (nSPS) is 13.0. The molecule has 0 N–H and O–H groups in total. The number of nitrogens with zero attached hydrogens (tertiary/aromatic N) is 2. The SMILES string of the molecule is CCS(=O)(=O)c1ccc2c(c1)nc(C(C)(C)C)n2CCOC(F)(F)F.Cl. The van der Waals surface area contributed by atoms with Gasteiger partial charge in [0.1, 0.15) is 5.82 Å². The van der Waals surface area contributed by atoms with Crippen molar-refractivity contribution in [1.29, 1.82) is 0 Å². The first-order valence-corrected chi connectivity index (χ1v) is 9.44. The van der Waals surface area contributed by atoms with E-state index in [2.05, 4.69) is 9.72 Å². The lowest BCUT2D eigenvalue weighted by atomic mass is 9.95. The van der Waals surface area contributed by atoms with Gasteiger partial charge in [0.15, 0.2) is 9.84 Å². The van der Waals surface area contributed by atoms with Gasteiger partial charge in [-0.2, -0.15) is 0 Å². The van der Waals surface area contributed by atoms with Crippen LogP contribution in [-0.4, -0.2) is 36.7 Å². The van der Waals surface area contributed by atoms with Crippen LogP contribution in [0, 0.1) is 0 Å². The molecule has 1 heterocycles. The van der Waals surface area contributed by atoms with E-state index in [1.54, 1.807) is 17.6 Å². The largest absolute Gasteiger partial charge is 0.522 e. The number of hydrogen-bond acceptors (Lipinski definition) is 4. The second-order valence-corrected chi connectivity index (χ2v) is 8.96. The van der Waals surface area contributed by atoms with Crippen molar-refractivity contribution < 1.29 is 26.3 Å². The number of sulfone groups is 1. The van der Waals surface area contributed by atoms with Crippen molar-refractivity contribution in [2.75, 3.05) is 12.4 Å². The molecule has 26 heavy (non-hydrogen) atoms. The van der Waals surface area contributed by atoms with Crippen molar-refractivity contribution in [3.8, 4) is 0 Å². The number of rotatable bonds is 5. The zero-order valence-corrected chi connectivity index (χ0v) is 16.6. The van der Waals surface area contributed by atoms with E-state index in [9.17, 15) is 21.6 Å². The number of ether oxygens (including phenoxy) is 1. The first kappa shape index (κ1) is 22.7. The van der Waals surface area contributed by atoms with E-state index >= 15 is 0 Å². The van der Waals surface area contributed by atoms with Crippen LogP contribution in [0.2, 0.25) is 0 Å². The Morgan fingerprint density at radius 3 is 2.31 bits per heavy atom. The maximum absolute atomic E-state index is 12.2. The fourth-order valence-corrected chi connectivity index (χ4v) is 3.42. The number of alkyl halides is 3. The molecule has 2 rings (SSSR count). The molecule has 1 aromatic heterocycles. The number of benzene rings is 1. The monoisotopic (exact) mass is 414 g/mol. The Labute approximate surface area is 156 Å². The molecule has 1 aromatic carbocycles. The molecule has 0 fully saturated rings. The maximum atomic E-state index is 12.2. The first-order chi connectivity index (χ1) is 11.3. The zero-order chi connectivity index (χ0) is 19.0. The quantitative estimate of drug-likeness (QED) is 0.739. The lowest BCUT2D eigenvalue weighted by Crippen LogP contribution is -2.22. The topological polar surface area (TPSA) is 61.2 Å². The molecule has 0 bridgehead atoms. The van der Waals surface area contributed by atoms with Crippen molar-refractivity contribution >= 4 is 33.3 Å². The lowest BCUT2D eigenvalue weighted by Gasteiger charge is -2.20. The lowest BCUT2D eigenvalue weighted by molar-refractivity contribution is -0.325. The van der Waals surface area contributed by atoms with Crippen molar-refractivity contribution in [3.05, 3.63) is 24.0 Å². The van der Waals surface area contributed by atoms with Crippen LogP contribution in [0.1, 0.15) is 33.5 Å². The van der Waals surface area contributed by atoms with Crippen molar-refractivity contribution in [2.24, 2.45) is 0 Å². The molecule has 0 aliphatic rings. The molecular weight excluding hydrogens is 393 g/mol. The average molecular weight is 415 g/mol. The van der Waals surface area contributed by atoms with Gasteiger partial charge in [-0.05, 0) is 18.2 Å². The number of hydrogen-bond donors (Lipinski definition) is 0. The van der Waals surface area contributed by atoms with E-state index in [1.165, 1.54) is 12.1 Å². The Morgan fingerprint density at radius 2 is 1.81 bits per heavy atom. The smallest absolute Gasteiger partial charge is 0.325 e. The Bertz CT molecular complexity index is 871. The predicted molar refractivity (Wildman–Crippen MR) is 95.4 cm³/mol. The minimum atomic E-state index is -4.69. The van der Waals surface area contributed by atoms with Gasteiger partial charge < -0.3 is 4.57 Å². The molecule has 0 aliphatic carbocycles. The van der Waals surface area contributed by atoms with Gasteiger partial charge >= 0.3 is 6.36 Å². The van der Waals surface area contributed by atoms with Gasteiger partial charge in [0, 0.05) is 12.0 Å². The summed E-state index contributed by atoms with van der Waals surface area (Å²) in [6, 6.07) is 4.49. The van der Waals surface area contributed by atoms with E-state index in [0.29, 0.717) is 16.9 Å². The van der Waals surface area contributed by atoms with Crippen LogP contribution in [0.15, 0.2) is 23.1 Å². The molecular formula is C16H22ClF3N2O3S. The number of aromatic nitrogens is 2. The van der Waals surface area contributed by atoms with E-state index in [-0.39, 0.29) is 29.6 Å². The zero-order valence-electron chi connectivity index (χ0n) is 14.9. The van der Waals surface area contributed by atoms with Gasteiger partial charge in [-0.25, -0.2) is 13.4 Å². The Balaban J connectivity index is 0.00000338. The van der Waals surface area contributed by atoms with Crippen molar-refractivity contribution in [1.82, 2.24) is 9.55 Å². The van der Waals surface area contributed by atoms with Crippen molar-refractivity contribution in [2.45, 2.75) is 50.9 Å². The van der Waals surface area contributed by atoms with Crippen LogP contribution >= 0.6 is 12.4 Å². The third-order valence-electron chi connectivity index (χ3n) is 3.71. The number of halogens is 4. The number of imidazole rings is 1. The molecule has 0 atom stereocenters. The standard InChI is InChI=1S/C16H21F3N2O3S.ClH/c1-5-25(22,23)11-6-7-13-12(10-11)20-14(15(2,3)4)21(13)8-9-24-16(17,18)19;/h6-7,10H,5,8-9H2,1-4H3;1H. The highest BCUT2D eigenvalue weighted by Crippen LogP contribution is 2.28. The molecule has 5 nitrogen and oxygen atoms in total. The van der Waals surface area contributed by atoms with Gasteiger partial charge in [0.25, 0.3) is 0 Å². The van der Waals surface area contributed by atoms with E-state index in [1.807, 2.05) is 20.8 Å². The van der Waals surface area contributed by atoms with E-state index in [0.717, 1.165) is 0 Å². The maximum Gasteiger partial charge on any atom is 0.522 e. The van der Waals surface area contributed by atoms with Crippen molar-refractivity contribution in [3.63, 3.8) is 0 Å². The van der Waals surface area contributed by atoms with E-state index < -0.39 is 28.2 Å². The van der Waals surface area contributed by atoms with Gasteiger partial charge in [-0.1, -0.05) is 27.7 Å². The molecule has 0 saturated carbocycles. The third-order valence-corrected chi connectivity index (χ3v) is 5.44. The first-order valence-electron chi connectivity index (χ1n) is 7.79. The molecule has 2 aromatic rings. The van der Waals surface area contributed by atoms with Crippen LogP contribution in [0.5, 0.6) is 0 Å².